The van der Waals surface area contributed by atoms with Crippen LogP contribution in [0.5, 0.6) is 11.5 Å². The van der Waals surface area contributed by atoms with Gasteiger partial charge in [0.15, 0.2) is 0 Å². The molecule has 0 spiro atoms. The van der Waals surface area contributed by atoms with E-state index in [-0.39, 0.29) is 5.63 Å². The van der Waals surface area contributed by atoms with Gasteiger partial charge >= 0.3 is 5.63 Å². The molecule has 23 heavy (non-hydrogen) atoms. The summed E-state index contributed by atoms with van der Waals surface area (Å²) in [4.78, 5) is 11.2. The van der Waals surface area contributed by atoms with E-state index in [1.165, 1.54) is 11.6 Å². The average Bonchev–Trinajstić information content (AvgIpc) is 2.58. The second kappa shape index (κ2) is 7.01. The maximum absolute atomic E-state index is 11.2. The van der Waals surface area contributed by atoms with Crippen LogP contribution in [0, 0.1) is 0 Å². The zero-order valence-electron chi connectivity index (χ0n) is 13.0. The van der Waals surface area contributed by atoms with E-state index in [1.54, 1.807) is 12.1 Å². The van der Waals surface area contributed by atoms with Crippen LogP contribution in [-0.4, -0.2) is 13.2 Å². The summed E-state index contributed by atoms with van der Waals surface area (Å²) >= 11 is 0. The van der Waals surface area contributed by atoms with Gasteiger partial charge in [0.05, 0.1) is 0 Å². The lowest BCUT2D eigenvalue weighted by Crippen LogP contribution is -2.09. The Labute approximate surface area is 134 Å². The molecule has 0 radical (unpaired) electrons. The zero-order valence-corrected chi connectivity index (χ0v) is 13.0. The van der Waals surface area contributed by atoms with Crippen LogP contribution in [-0.2, 0) is 6.42 Å². The van der Waals surface area contributed by atoms with E-state index in [0.717, 1.165) is 17.6 Å². The molecule has 4 heteroatoms. The molecule has 0 saturated carbocycles. The molecule has 0 bridgehead atoms. The molecule has 0 aliphatic carbocycles. The van der Waals surface area contributed by atoms with Crippen LogP contribution in [0.1, 0.15) is 12.5 Å². The summed E-state index contributed by atoms with van der Waals surface area (Å²) < 4.78 is 16.5. The van der Waals surface area contributed by atoms with Crippen molar-refractivity contribution in [3.8, 4) is 11.5 Å². The lowest BCUT2D eigenvalue weighted by molar-refractivity contribution is 0.217. The molecule has 0 atom stereocenters. The van der Waals surface area contributed by atoms with E-state index in [0.29, 0.717) is 24.5 Å². The Morgan fingerprint density at radius 1 is 0.913 bits per heavy atom. The van der Waals surface area contributed by atoms with Gasteiger partial charge in [0.2, 0.25) is 0 Å². The first-order valence-corrected chi connectivity index (χ1v) is 7.63. The largest absolute Gasteiger partial charge is 0.490 e. The summed E-state index contributed by atoms with van der Waals surface area (Å²) in [6.07, 6.45) is 0.982. The molecule has 118 valence electrons. The van der Waals surface area contributed by atoms with Gasteiger partial charge in [-0.1, -0.05) is 19.1 Å². The summed E-state index contributed by atoms with van der Waals surface area (Å²) in [5, 5.41) is 0.865. The topological polar surface area (TPSA) is 48.7 Å². The van der Waals surface area contributed by atoms with Crippen molar-refractivity contribution in [1.82, 2.24) is 0 Å². The monoisotopic (exact) mass is 310 g/mol. The lowest BCUT2D eigenvalue weighted by atomic mass is 10.2. The van der Waals surface area contributed by atoms with Crippen molar-refractivity contribution in [2.24, 2.45) is 0 Å². The highest BCUT2D eigenvalue weighted by Crippen LogP contribution is 2.19. The molecule has 0 fully saturated rings. The Morgan fingerprint density at radius 3 is 2.43 bits per heavy atom. The van der Waals surface area contributed by atoms with E-state index in [4.69, 9.17) is 13.9 Å². The predicted molar refractivity (Wildman–Crippen MR) is 89.3 cm³/mol. The van der Waals surface area contributed by atoms with Crippen molar-refractivity contribution in [3.63, 3.8) is 0 Å². The highest BCUT2D eigenvalue weighted by Gasteiger charge is 2.01. The fourth-order valence-corrected chi connectivity index (χ4v) is 2.30. The standard InChI is InChI=1S/C19H18O4/c1-2-14-4-3-5-16(12-14)21-10-11-22-17-8-6-15-7-9-19(20)23-18(15)13-17/h3-9,12-13H,2,10-11H2,1H3. The molecule has 3 rings (SSSR count). The van der Waals surface area contributed by atoms with Gasteiger partial charge in [-0.05, 0) is 42.3 Å². The number of ether oxygens (including phenoxy) is 2. The number of hydrogen-bond acceptors (Lipinski definition) is 4. The number of fused-ring (bicyclic) bond motifs is 1. The number of aryl methyl sites for hydroxylation is 1. The van der Waals surface area contributed by atoms with E-state index < -0.39 is 0 Å². The van der Waals surface area contributed by atoms with Gasteiger partial charge in [-0.3, -0.25) is 0 Å². The molecule has 0 N–H and O–H groups in total. The molecule has 0 amide bonds. The van der Waals surface area contributed by atoms with Gasteiger partial charge in [-0.2, -0.15) is 0 Å². The van der Waals surface area contributed by atoms with Crippen molar-refractivity contribution < 1.29 is 13.9 Å². The lowest BCUT2D eigenvalue weighted by Gasteiger charge is -2.09. The van der Waals surface area contributed by atoms with Crippen LogP contribution in [0.2, 0.25) is 0 Å². The first-order chi connectivity index (χ1) is 11.2. The Balaban J connectivity index is 1.57. The Morgan fingerprint density at radius 2 is 1.65 bits per heavy atom. The SMILES string of the molecule is CCc1cccc(OCCOc2ccc3ccc(=O)oc3c2)c1. The molecule has 0 aliphatic heterocycles. The molecule has 0 saturated heterocycles. The minimum absolute atomic E-state index is 0.367. The highest BCUT2D eigenvalue weighted by atomic mass is 16.5. The van der Waals surface area contributed by atoms with Gasteiger partial charge in [0.1, 0.15) is 30.3 Å². The van der Waals surface area contributed by atoms with Crippen LogP contribution in [0.4, 0.5) is 0 Å². The smallest absolute Gasteiger partial charge is 0.336 e. The van der Waals surface area contributed by atoms with Crippen molar-refractivity contribution in [1.29, 1.82) is 0 Å². The summed E-state index contributed by atoms with van der Waals surface area (Å²) in [6, 6.07) is 16.6. The van der Waals surface area contributed by atoms with Crippen LogP contribution in [0.3, 0.4) is 0 Å². The Bertz CT molecular complexity index is 851. The van der Waals surface area contributed by atoms with Crippen molar-refractivity contribution in [2.45, 2.75) is 13.3 Å². The predicted octanol–water partition coefficient (Wildman–Crippen LogP) is 3.81. The van der Waals surface area contributed by atoms with E-state index in [9.17, 15) is 4.79 Å². The summed E-state index contributed by atoms with van der Waals surface area (Å²) in [7, 11) is 0. The summed E-state index contributed by atoms with van der Waals surface area (Å²) in [5.74, 6) is 1.50. The molecule has 0 unspecified atom stereocenters. The average molecular weight is 310 g/mol. The molecule has 1 aromatic heterocycles. The number of hydrogen-bond donors (Lipinski definition) is 0. The second-order valence-corrected chi connectivity index (χ2v) is 5.15. The van der Waals surface area contributed by atoms with Crippen LogP contribution < -0.4 is 15.1 Å². The summed E-state index contributed by atoms with van der Waals surface area (Å²) in [5.41, 5.74) is 1.40. The number of benzene rings is 2. The van der Waals surface area contributed by atoms with E-state index in [2.05, 4.69) is 13.0 Å². The minimum Gasteiger partial charge on any atom is -0.490 e. The van der Waals surface area contributed by atoms with Gasteiger partial charge < -0.3 is 13.9 Å². The molecule has 4 nitrogen and oxygen atoms in total. The third kappa shape index (κ3) is 3.92. The van der Waals surface area contributed by atoms with Gasteiger partial charge in [-0.25, -0.2) is 4.79 Å². The first kappa shape index (κ1) is 15.2. The molecule has 3 aromatic rings. The van der Waals surface area contributed by atoms with Crippen LogP contribution >= 0.6 is 0 Å². The highest BCUT2D eigenvalue weighted by molar-refractivity contribution is 5.77. The zero-order chi connectivity index (χ0) is 16.1. The van der Waals surface area contributed by atoms with Crippen LogP contribution in [0.25, 0.3) is 11.0 Å². The Hall–Kier alpha value is -2.75. The minimum atomic E-state index is -0.367. The van der Waals surface area contributed by atoms with Crippen LogP contribution in [0.15, 0.2) is 63.8 Å². The van der Waals surface area contributed by atoms with Crippen molar-refractivity contribution >= 4 is 11.0 Å². The van der Waals surface area contributed by atoms with E-state index >= 15 is 0 Å². The van der Waals surface area contributed by atoms with Gasteiger partial charge in [-0.15, -0.1) is 0 Å². The second-order valence-electron chi connectivity index (χ2n) is 5.15. The maximum atomic E-state index is 11.2. The fraction of sp³-hybridized carbons (Fsp3) is 0.211. The molecule has 0 aliphatic rings. The van der Waals surface area contributed by atoms with Gasteiger partial charge in [0.25, 0.3) is 0 Å². The van der Waals surface area contributed by atoms with Crippen molar-refractivity contribution in [2.75, 3.05) is 13.2 Å². The summed E-state index contributed by atoms with van der Waals surface area (Å²) in [6.45, 7) is 2.98. The Kier molecular flexibility index (Phi) is 4.62. The molecular weight excluding hydrogens is 292 g/mol. The third-order valence-corrected chi connectivity index (χ3v) is 3.52. The molecule has 1 heterocycles. The maximum Gasteiger partial charge on any atom is 0.336 e. The van der Waals surface area contributed by atoms with E-state index in [1.807, 2.05) is 30.3 Å². The third-order valence-electron chi connectivity index (χ3n) is 3.52. The quantitative estimate of drug-likeness (QED) is 0.513. The molecule has 2 aromatic carbocycles. The number of rotatable bonds is 6. The normalized spacial score (nSPS) is 10.7. The fourth-order valence-electron chi connectivity index (χ4n) is 2.30. The molecular formula is C19H18O4. The first-order valence-electron chi connectivity index (χ1n) is 7.63. The van der Waals surface area contributed by atoms with Crippen molar-refractivity contribution in [3.05, 3.63) is 70.6 Å². The van der Waals surface area contributed by atoms with Gasteiger partial charge in [0, 0.05) is 17.5 Å².